The van der Waals surface area contributed by atoms with Gasteiger partial charge in [-0.3, -0.25) is 9.59 Å². The molecule has 7 heteroatoms. The Balaban J connectivity index is 1.22. The van der Waals surface area contributed by atoms with Crippen molar-refractivity contribution < 1.29 is 14.7 Å². The monoisotopic (exact) mass is 641 g/mol. The summed E-state index contributed by atoms with van der Waals surface area (Å²) in [6, 6.07) is 38.8. The maximum atomic E-state index is 13.7. The zero-order valence-electron chi connectivity index (χ0n) is 26.6. The molecule has 0 aliphatic carbocycles. The van der Waals surface area contributed by atoms with Gasteiger partial charge < -0.3 is 20.7 Å². The molecule has 5 aromatic carbocycles. The Morgan fingerprint density at radius 3 is 2.34 bits per heavy atom. The van der Waals surface area contributed by atoms with Crippen molar-refractivity contribution in [3.8, 4) is 0 Å². The molecule has 0 aliphatic rings. The minimum absolute atomic E-state index is 0.195. The average Bonchev–Trinajstić information content (AvgIpc) is 3.56. The molecule has 2 atom stereocenters. The van der Waals surface area contributed by atoms with Gasteiger partial charge in [0.1, 0.15) is 0 Å². The predicted octanol–water partition coefficient (Wildman–Crippen LogP) is 7.57. The second kappa shape index (κ2) is 14.3. The maximum Gasteiger partial charge on any atom is 0.252 e. The summed E-state index contributed by atoms with van der Waals surface area (Å²) in [7, 11) is 0. The Morgan fingerprint density at radius 1 is 0.787 bits per heavy atom. The fraction of sp³-hybridized carbons (Fsp3) is 0.200. The smallest absolute Gasteiger partial charge is 0.252 e. The van der Waals surface area contributed by atoms with Crippen molar-refractivity contribution in [3.63, 3.8) is 0 Å². The minimum Gasteiger partial charge on any atom is -0.391 e. The third kappa shape index (κ3) is 7.94. The Hall–Kier alpha value is -4.85. The van der Waals surface area contributed by atoms with Crippen molar-refractivity contribution in [2.24, 2.45) is 0 Å². The van der Waals surface area contributed by atoms with Crippen molar-refractivity contribution in [3.05, 3.63) is 150 Å². The van der Waals surface area contributed by atoms with Crippen LogP contribution in [-0.2, 0) is 12.8 Å². The Labute approximate surface area is 279 Å². The lowest BCUT2D eigenvalue weighted by atomic mass is 9.93. The minimum atomic E-state index is -0.955. The summed E-state index contributed by atoms with van der Waals surface area (Å²) < 4.78 is 0. The third-order valence-corrected chi connectivity index (χ3v) is 9.52. The molecule has 0 saturated heterocycles. The molecule has 6 aromatic rings. The van der Waals surface area contributed by atoms with Crippen LogP contribution in [0.4, 0.5) is 0 Å². The molecule has 1 aromatic heterocycles. The van der Waals surface area contributed by atoms with Gasteiger partial charge in [-0.05, 0) is 78.6 Å². The number of thioether (sulfide) groups is 1. The molecule has 238 valence electrons. The molecule has 0 saturated carbocycles. The van der Waals surface area contributed by atoms with Crippen molar-refractivity contribution >= 4 is 45.3 Å². The number of hydrogen-bond donors (Lipinski definition) is 4. The van der Waals surface area contributed by atoms with Crippen LogP contribution in [0.5, 0.6) is 0 Å². The summed E-state index contributed by atoms with van der Waals surface area (Å²) in [4.78, 5) is 31.5. The number of H-pyrrole nitrogens is 1. The van der Waals surface area contributed by atoms with E-state index in [2.05, 4.69) is 58.1 Å². The van der Waals surface area contributed by atoms with Crippen molar-refractivity contribution in [1.29, 1.82) is 0 Å². The van der Waals surface area contributed by atoms with Crippen LogP contribution in [0, 0.1) is 0 Å². The van der Waals surface area contributed by atoms with E-state index in [1.807, 2.05) is 86.8 Å². The number of carbonyl (C=O) groups is 2. The largest absolute Gasteiger partial charge is 0.391 e. The molecule has 0 aliphatic heterocycles. The SMILES string of the molecule is CC(C)(Cc1ccccc1)NC(=O)c1ccccc1C[C@@H](O)[C@H](CSc1ccc2ccccc2c1)NC(=O)c1cccc2[nH]ccc12. The van der Waals surface area contributed by atoms with E-state index >= 15 is 0 Å². The number of aliphatic hydroxyl groups excluding tert-OH is 1. The molecule has 0 spiro atoms. The standard InChI is InChI=1S/C40H39N3O3S/c1-40(2,25-27-11-4-3-5-12-27)43-39(46)32-16-9-8-15-30(32)24-37(44)36(26-47-31-20-19-28-13-6-7-14-29(28)23-31)42-38(45)34-17-10-18-35-33(34)21-22-41-35/h3-23,36-37,41,44H,24-26H2,1-2H3,(H,42,45)(H,43,46)/t36-,37+/m0/s1. The van der Waals surface area contributed by atoms with Gasteiger partial charge in [-0.15, -0.1) is 11.8 Å². The summed E-state index contributed by atoms with van der Waals surface area (Å²) in [6.07, 6.45) is 1.73. The van der Waals surface area contributed by atoms with Crippen molar-refractivity contribution in [1.82, 2.24) is 15.6 Å². The van der Waals surface area contributed by atoms with Crippen LogP contribution in [-0.4, -0.2) is 45.3 Å². The predicted molar refractivity (Wildman–Crippen MR) is 192 cm³/mol. The first kappa shape index (κ1) is 32.1. The van der Waals surface area contributed by atoms with E-state index in [0.717, 1.165) is 37.7 Å². The van der Waals surface area contributed by atoms with Crippen LogP contribution in [0.2, 0.25) is 0 Å². The fourth-order valence-corrected chi connectivity index (χ4v) is 7.09. The van der Waals surface area contributed by atoms with E-state index < -0.39 is 17.7 Å². The highest BCUT2D eigenvalue weighted by atomic mass is 32.2. The molecule has 2 amide bonds. The fourth-order valence-electron chi connectivity index (χ4n) is 6.03. The molecule has 0 radical (unpaired) electrons. The molecule has 6 rings (SSSR count). The van der Waals surface area contributed by atoms with Crippen LogP contribution in [0.15, 0.2) is 132 Å². The summed E-state index contributed by atoms with van der Waals surface area (Å²) in [5.74, 6) is -0.0154. The molecule has 6 nitrogen and oxygen atoms in total. The lowest BCUT2D eigenvalue weighted by Crippen LogP contribution is -2.47. The number of nitrogens with one attached hydrogen (secondary N) is 3. The average molecular weight is 642 g/mol. The van der Waals surface area contributed by atoms with E-state index in [0.29, 0.717) is 23.3 Å². The topological polar surface area (TPSA) is 94.2 Å². The zero-order valence-corrected chi connectivity index (χ0v) is 27.4. The number of benzene rings is 5. The van der Waals surface area contributed by atoms with Crippen molar-refractivity contribution in [2.75, 3.05) is 5.75 Å². The number of carbonyl (C=O) groups excluding carboxylic acids is 2. The van der Waals surface area contributed by atoms with Gasteiger partial charge in [0.15, 0.2) is 0 Å². The molecule has 4 N–H and O–H groups in total. The van der Waals surface area contributed by atoms with E-state index in [9.17, 15) is 14.7 Å². The molecular weight excluding hydrogens is 603 g/mol. The van der Waals surface area contributed by atoms with Crippen LogP contribution in [0.3, 0.4) is 0 Å². The number of aliphatic hydroxyl groups is 1. The number of aromatic nitrogens is 1. The third-order valence-electron chi connectivity index (χ3n) is 8.40. The van der Waals surface area contributed by atoms with Gasteiger partial charge in [0, 0.05) is 50.8 Å². The van der Waals surface area contributed by atoms with Gasteiger partial charge in [-0.2, -0.15) is 0 Å². The van der Waals surface area contributed by atoms with E-state index in [4.69, 9.17) is 0 Å². The first-order valence-electron chi connectivity index (χ1n) is 15.9. The van der Waals surface area contributed by atoms with E-state index in [1.165, 1.54) is 0 Å². The molecule has 47 heavy (non-hydrogen) atoms. The quantitative estimate of drug-likeness (QED) is 0.104. The number of fused-ring (bicyclic) bond motifs is 2. The Kier molecular flexibility index (Phi) is 9.76. The van der Waals surface area contributed by atoms with Crippen LogP contribution in [0.25, 0.3) is 21.7 Å². The molecule has 0 unspecified atom stereocenters. The highest BCUT2D eigenvalue weighted by Crippen LogP contribution is 2.26. The van der Waals surface area contributed by atoms with Crippen molar-refractivity contribution in [2.45, 2.75) is 49.3 Å². The summed E-state index contributed by atoms with van der Waals surface area (Å²) in [6.45, 7) is 4.02. The van der Waals surface area contributed by atoms with E-state index in [-0.39, 0.29) is 18.2 Å². The van der Waals surface area contributed by atoms with Gasteiger partial charge in [0.2, 0.25) is 0 Å². The first-order valence-corrected chi connectivity index (χ1v) is 16.9. The number of amides is 2. The van der Waals surface area contributed by atoms with Crippen LogP contribution in [0.1, 0.15) is 45.7 Å². The molecule has 0 bridgehead atoms. The highest BCUT2D eigenvalue weighted by molar-refractivity contribution is 7.99. The molecule has 0 fully saturated rings. The maximum absolute atomic E-state index is 13.7. The van der Waals surface area contributed by atoms with Gasteiger partial charge >= 0.3 is 0 Å². The zero-order chi connectivity index (χ0) is 32.8. The molecular formula is C40H39N3O3S. The van der Waals surface area contributed by atoms with Crippen LogP contribution >= 0.6 is 11.8 Å². The first-order chi connectivity index (χ1) is 22.8. The van der Waals surface area contributed by atoms with Gasteiger partial charge in [-0.25, -0.2) is 0 Å². The number of aromatic amines is 1. The lowest BCUT2D eigenvalue weighted by molar-refractivity contribution is 0.0850. The van der Waals surface area contributed by atoms with Gasteiger partial charge in [-0.1, -0.05) is 84.9 Å². The van der Waals surface area contributed by atoms with Crippen LogP contribution < -0.4 is 10.6 Å². The number of rotatable bonds is 12. The highest BCUT2D eigenvalue weighted by Gasteiger charge is 2.27. The number of hydrogen-bond acceptors (Lipinski definition) is 4. The lowest BCUT2D eigenvalue weighted by Gasteiger charge is -2.28. The van der Waals surface area contributed by atoms with Gasteiger partial charge in [0.25, 0.3) is 11.8 Å². The normalized spacial score (nSPS) is 12.9. The Bertz CT molecular complexity index is 2000. The summed E-state index contributed by atoms with van der Waals surface area (Å²) in [5, 5.41) is 21.2. The Morgan fingerprint density at radius 2 is 1.51 bits per heavy atom. The molecule has 1 heterocycles. The summed E-state index contributed by atoms with van der Waals surface area (Å²) in [5.41, 5.74) is 3.29. The van der Waals surface area contributed by atoms with Gasteiger partial charge in [0.05, 0.1) is 12.1 Å². The second-order valence-electron chi connectivity index (χ2n) is 12.6. The second-order valence-corrected chi connectivity index (χ2v) is 13.7. The van der Waals surface area contributed by atoms with E-state index in [1.54, 1.807) is 23.9 Å². The summed E-state index contributed by atoms with van der Waals surface area (Å²) >= 11 is 1.58.